The van der Waals surface area contributed by atoms with E-state index < -0.39 is 0 Å². The summed E-state index contributed by atoms with van der Waals surface area (Å²) in [5.41, 5.74) is 0.941. The molecule has 0 fully saturated rings. The number of nitrogens with zero attached hydrogens (tertiary/aromatic N) is 4. The van der Waals surface area contributed by atoms with Gasteiger partial charge in [0, 0.05) is 11.5 Å². The normalized spacial score (nSPS) is 11.5. The Hall–Kier alpha value is -2.96. The summed E-state index contributed by atoms with van der Waals surface area (Å²) in [5, 5.41) is 8.35. The van der Waals surface area contributed by atoms with E-state index in [0.717, 1.165) is 11.3 Å². The van der Waals surface area contributed by atoms with Crippen molar-refractivity contribution in [3.63, 3.8) is 0 Å². The van der Waals surface area contributed by atoms with Crippen molar-refractivity contribution in [1.82, 2.24) is 19.9 Å². The minimum atomic E-state index is -0.225. The molecule has 130 valence electrons. The summed E-state index contributed by atoms with van der Waals surface area (Å²) < 4.78 is 11.9. The third kappa shape index (κ3) is 3.76. The molecule has 0 spiro atoms. The molecule has 0 radical (unpaired) electrons. The van der Waals surface area contributed by atoms with E-state index in [2.05, 4.69) is 15.2 Å². The van der Waals surface area contributed by atoms with Gasteiger partial charge in [0.1, 0.15) is 11.4 Å². The molecule has 25 heavy (non-hydrogen) atoms. The predicted molar refractivity (Wildman–Crippen MR) is 92.6 cm³/mol. The highest BCUT2D eigenvalue weighted by Gasteiger charge is 2.22. The maximum atomic E-state index is 12.1. The number of hydrogen-bond donors (Lipinski definition) is 0. The van der Waals surface area contributed by atoms with Gasteiger partial charge in [0.2, 0.25) is 0 Å². The quantitative estimate of drug-likeness (QED) is 0.726. The van der Waals surface area contributed by atoms with E-state index in [4.69, 9.17) is 9.26 Å². The number of aromatic nitrogens is 4. The molecule has 2 heterocycles. The Morgan fingerprint density at radius 1 is 1.20 bits per heavy atom. The van der Waals surface area contributed by atoms with Gasteiger partial charge in [0.05, 0.1) is 13.7 Å². The van der Waals surface area contributed by atoms with E-state index in [1.807, 2.05) is 45.0 Å². The van der Waals surface area contributed by atoms with Crippen LogP contribution >= 0.6 is 0 Å². The van der Waals surface area contributed by atoms with Gasteiger partial charge in [-0.25, -0.2) is 4.68 Å². The fraction of sp³-hybridized carbons (Fsp3) is 0.333. The molecule has 0 aliphatic carbocycles. The zero-order valence-corrected chi connectivity index (χ0v) is 14.7. The zero-order valence-electron chi connectivity index (χ0n) is 14.7. The van der Waals surface area contributed by atoms with E-state index in [-0.39, 0.29) is 11.0 Å². The second-order valence-corrected chi connectivity index (χ2v) is 6.74. The Morgan fingerprint density at radius 3 is 2.68 bits per heavy atom. The fourth-order valence-corrected chi connectivity index (χ4v) is 2.25. The van der Waals surface area contributed by atoms with Crippen LogP contribution in [0.25, 0.3) is 11.6 Å². The molecule has 0 amide bonds. The lowest BCUT2D eigenvalue weighted by atomic mass is 9.96. The Morgan fingerprint density at radius 2 is 2.00 bits per heavy atom. The Balaban J connectivity index is 1.93. The van der Waals surface area contributed by atoms with Crippen LogP contribution in [0.3, 0.4) is 0 Å². The van der Waals surface area contributed by atoms with Crippen molar-refractivity contribution < 1.29 is 9.26 Å². The molecule has 0 aliphatic heterocycles. The number of methoxy groups -OCH3 is 1. The molecular weight excluding hydrogens is 320 g/mol. The standard InChI is InChI=1S/C18H20N4O3/c1-18(2,3)17-19-16(25-21-17)14-8-9-15(23)22(20-14)11-12-6-5-7-13(10-12)24-4/h5-10H,11H2,1-4H3. The van der Waals surface area contributed by atoms with Crippen LogP contribution in [-0.2, 0) is 12.0 Å². The lowest BCUT2D eigenvalue weighted by Crippen LogP contribution is -2.22. The molecule has 0 saturated carbocycles. The third-order valence-corrected chi connectivity index (χ3v) is 3.65. The number of hydrogen-bond acceptors (Lipinski definition) is 6. The maximum absolute atomic E-state index is 12.1. The van der Waals surface area contributed by atoms with E-state index >= 15 is 0 Å². The Kier molecular flexibility index (Phi) is 4.39. The first-order valence-corrected chi connectivity index (χ1v) is 7.92. The van der Waals surface area contributed by atoms with Gasteiger partial charge in [-0.2, -0.15) is 10.1 Å². The molecule has 7 nitrogen and oxygen atoms in total. The lowest BCUT2D eigenvalue weighted by molar-refractivity contribution is 0.400. The molecule has 3 aromatic rings. The first-order valence-electron chi connectivity index (χ1n) is 7.92. The molecule has 2 aromatic heterocycles. The molecule has 0 N–H and O–H groups in total. The van der Waals surface area contributed by atoms with Crippen molar-refractivity contribution in [3.8, 4) is 17.3 Å². The molecule has 3 rings (SSSR count). The smallest absolute Gasteiger partial charge is 0.278 e. The fourth-order valence-electron chi connectivity index (χ4n) is 2.25. The van der Waals surface area contributed by atoms with Crippen molar-refractivity contribution in [2.45, 2.75) is 32.7 Å². The van der Waals surface area contributed by atoms with Crippen molar-refractivity contribution in [2.24, 2.45) is 0 Å². The molecule has 0 saturated heterocycles. The minimum Gasteiger partial charge on any atom is -0.497 e. The molecule has 0 unspecified atom stereocenters. The van der Waals surface area contributed by atoms with Crippen LogP contribution in [0.5, 0.6) is 5.75 Å². The minimum absolute atomic E-state index is 0.206. The topological polar surface area (TPSA) is 83.0 Å². The van der Waals surface area contributed by atoms with E-state index in [1.165, 1.54) is 10.7 Å². The Bertz CT molecular complexity index is 938. The Labute approximate surface area is 145 Å². The lowest BCUT2D eigenvalue weighted by Gasteiger charge is -2.10. The molecule has 0 aliphatic rings. The van der Waals surface area contributed by atoms with Gasteiger partial charge in [-0.05, 0) is 23.8 Å². The summed E-state index contributed by atoms with van der Waals surface area (Å²) in [4.78, 5) is 16.5. The summed E-state index contributed by atoms with van der Waals surface area (Å²) in [7, 11) is 1.60. The van der Waals surface area contributed by atoms with Crippen LogP contribution < -0.4 is 10.3 Å². The average Bonchev–Trinajstić information content (AvgIpc) is 3.07. The summed E-state index contributed by atoms with van der Waals surface area (Å²) in [6.07, 6.45) is 0. The molecule has 7 heteroatoms. The number of ether oxygens (including phenoxy) is 1. The largest absolute Gasteiger partial charge is 0.497 e. The predicted octanol–water partition coefficient (Wildman–Crippen LogP) is 2.65. The number of benzene rings is 1. The summed E-state index contributed by atoms with van der Waals surface area (Å²) in [6.45, 7) is 6.32. The van der Waals surface area contributed by atoms with E-state index in [1.54, 1.807) is 13.2 Å². The van der Waals surface area contributed by atoms with Crippen LogP contribution in [0.2, 0.25) is 0 Å². The summed E-state index contributed by atoms with van der Waals surface area (Å²) in [6, 6.07) is 10.5. The van der Waals surface area contributed by atoms with Crippen LogP contribution in [0.15, 0.2) is 45.7 Å². The van der Waals surface area contributed by atoms with Crippen LogP contribution in [-0.4, -0.2) is 27.0 Å². The van der Waals surface area contributed by atoms with Crippen molar-refractivity contribution >= 4 is 0 Å². The number of rotatable bonds is 4. The highest BCUT2D eigenvalue weighted by atomic mass is 16.5. The molecule has 0 atom stereocenters. The average molecular weight is 340 g/mol. The third-order valence-electron chi connectivity index (χ3n) is 3.65. The van der Waals surface area contributed by atoms with Gasteiger partial charge in [0.15, 0.2) is 5.82 Å². The van der Waals surface area contributed by atoms with Crippen molar-refractivity contribution in [1.29, 1.82) is 0 Å². The van der Waals surface area contributed by atoms with Gasteiger partial charge in [0.25, 0.3) is 11.4 Å². The van der Waals surface area contributed by atoms with Crippen LogP contribution in [0.4, 0.5) is 0 Å². The molecule has 1 aromatic carbocycles. The SMILES string of the molecule is COc1cccc(Cn2nc(-c3nc(C(C)(C)C)no3)ccc2=O)c1. The van der Waals surface area contributed by atoms with E-state index in [9.17, 15) is 4.79 Å². The molecule has 0 bridgehead atoms. The second-order valence-electron chi connectivity index (χ2n) is 6.74. The first kappa shape index (κ1) is 16.9. The van der Waals surface area contributed by atoms with Gasteiger partial charge in [-0.15, -0.1) is 0 Å². The first-order chi connectivity index (χ1) is 11.9. The van der Waals surface area contributed by atoms with Gasteiger partial charge in [-0.1, -0.05) is 38.1 Å². The maximum Gasteiger partial charge on any atom is 0.278 e. The van der Waals surface area contributed by atoms with Gasteiger partial charge >= 0.3 is 0 Å². The van der Waals surface area contributed by atoms with Crippen molar-refractivity contribution in [2.75, 3.05) is 7.11 Å². The molecular formula is C18H20N4O3. The highest BCUT2D eigenvalue weighted by Crippen LogP contribution is 2.22. The zero-order chi connectivity index (χ0) is 18.0. The summed E-state index contributed by atoms with van der Waals surface area (Å²) in [5.74, 6) is 1.62. The monoisotopic (exact) mass is 340 g/mol. The van der Waals surface area contributed by atoms with Gasteiger partial charge < -0.3 is 9.26 Å². The van der Waals surface area contributed by atoms with Gasteiger partial charge in [-0.3, -0.25) is 4.79 Å². The summed E-state index contributed by atoms with van der Waals surface area (Å²) >= 11 is 0. The second kappa shape index (κ2) is 6.51. The highest BCUT2D eigenvalue weighted by molar-refractivity contribution is 5.45. The van der Waals surface area contributed by atoms with Crippen LogP contribution in [0, 0.1) is 0 Å². The van der Waals surface area contributed by atoms with E-state index in [0.29, 0.717) is 24.0 Å². The van der Waals surface area contributed by atoms with Crippen molar-refractivity contribution in [3.05, 3.63) is 58.1 Å². The van der Waals surface area contributed by atoms with Crippen LogP contribution in [0.1, 0.15) is 32.2 Å².